The van der Waals surface area contributed by atoms with Crippen LogP contribution in [0, 0.1) is 0 Å². The zero-order valence-electron chi connectivity index (χ0n) is 42.9. The fourth-order valence-electron chi connectivity index (χ4n) is 7.75. The SMILES string of the molecule is CCCCCCC/C=C/C=C/C=C/CCCCCCCC(=O)OCC(COCCC(C(=O)[O-])[N+](C)(C)C)OC(=O)CCCCCCCCC/C=C/C/C=C/CCCCCCCCCCC. The molecule has 2 unspecified atom stereocenters. The fraction of sp³-hybridized carbons (Fsp3) is 0.772. The van der Waals surface area contributed by atoms with E-state index in [0.29, 0.717) is 12.8 Å². The average molecular weight is 912 g/mol. The van der Waals surface area contributed by atoms with Crippen molar-refractivity contribution < 1.29 is 38.2 Å². The molecule has 65 heavy (non-hydrogen) atoms. The summed E-state index contributed by atoms with van der Waals surface area (Å²) in [4.78, 5) is 37.1. The molecule has 0 amide bonds. The van der Waals surface area contributed by atoms with E-state index in [1.807, 2.05) is 0 Å². The molecule has 0 aromatic rings. The fourth-order valence-corrected chi connectivity index (χ4v) is 7.75. The number of unbranched alkanes of at least 4 members (excludes halogenated alkanes) is 26. The smallest absolute Gasteiger partial charge is 0.306 e. The summed E-state index contributed by atoms with van der Waals surface area (Å²) in [6.07, 6.45) is 59.7. The van der Waals surface area contributed by atoms with Gasteiger partial charge in [-0.25, -0.2) is 0 Å². The van der Waals surface area contributed by atoms with E-state index >= 15 is 0 Å². The van der Waals surface area contributed by atoms with Crippen LogP contribution < -0.4 is 5.11 Å². The number of carbonyl (C=O) groups is 3. The lowest BCUT2D eigenvalue weighted by atomic mass is 10.1. The normalized spacial score (nSPS) is 13.3. The van der Waals surface area contributed by atoms with Crippen LogP contribution >= 0.6 is 0 Å². The molecule has 0 aliphatic rings. The first-order valence-corrected chi connectivity index (χ1v) is 26.8. The van der Waals surface area contributed by atoms with E-state index in [1.54, 1.807) is 21.1 Å². The van der Waals surface area contributed by atoms with Crippen molar-refractivity contribution in [2.45, 2.75) is 244 Å². The minimum atomic E-state index is -1.13. The van der Waals surface area contributed by atoms with Crippen LogP contribution in [0.4, 0.5) is 0 Å². The number of hydrogen-bond acceptors (Lipinski definition) is 7. The molecule has 0 radical (unpaired) electrons. The van der Waals surface area contributed by atoms with Crippen molar-refractivity contribution in [1.29, 1.82) is 0 Å². The standard InChI is InChI=1S/C57H101NO7/c1-6-8-10-12-14-16-18-20-22-24-26-27-28-29-30-32-34-36-38-40-42-44-46-48-56(60)65-53(51-63-50-49-54(57(61)62)58(3,4)5)52-64-55(59)47-45-43-41-39-37-35-33-31-25-23-21-19-17-15-13-11-9-7-2/h19,21,23,25-27,29-31,33,53-54H,6-18,20,22,24,28,32,34-52H2,1-5H3/b21-19+,25-23+,27-26+,30-29+,33-31+. The van der Waals surface area contributed by atoms with Gasteiger partial charge in [-0.1, -0.05) is 203 Å². The summed E-state index contributed by atoms with van der Waals surface area (Å²) >= 11 is 0. The third kappa shape index (κ3) is 46.0. The summed E-state index contributed by atoms with van der Waals surface area (Å²) in [5, 5.41) is 11.7. The Morgan fingerprint density at radius 1 is 0.477 bits per heavy atom. The second kappa shape index (κ2) is 47.5. The number of carbonyl (C=O) groups excluding carboxylic acids is 3. The number of nitrogens with zero attached hydrogens (tertiary/aromatic N) is 1. The summed E-state index contributed by atoms with van der Waals surface area (Å²) in [5.41, 5.74) is 0. The highest BCUT2D eigenvalue weighted by molar-refractivity contribution is 5.70. The molecule has 0 aromatic heterocycles. The summed E-state index contributed by atoms with van der Waals surface area (Å²) < 4.78 is 17.2. The highest BCUT2D eigenvalue weighted by atomic mass is 16.6. The van der Waals surface area contributed by atoms with Crippen LogP contribution in [0.15, 0.2) is 60.8 Å². The van der Waals surface area contributed by atoms with Crippen molar-refractivity contribution in [3.8, 4) is 0 Å². The molecule has 0 aromatic carbocycles. The van der Waals surface area contributed by atoms with Crippen LogP contribution in [-0.4, -0.2) is 75.5 Å². The van der Waals surface area contributed by atoms with Gasteiger partial charge in [0, 0.05) is 19.3 Å². The lowest BCUT2D eigenvalue weighted by Gasteiger charge is -2.34. The number of aliphatic carboxylic acids is 1. The second-order valence-corrected chi connectivity index (χ2v) is 19.2. The van der Waals surface area contributed by atoms with Crippen LogP contribution in [0.1, 0.15) is 232 Å². The number of likely N-dealkylation sites (N-methyl/N-ethyl adjacent to an activating group) is 1. The topological polar surface area (TPSA) is 102 Å². The number of hydrogen-bond donors (Lipinski definition) is 0. The monoisotopic (exact) mass is 912 g/mol. The molecule has 0 saturated carbocycles. The van der Waals surface area contributed by atoms with Crippen LogP contribution in [-0.2, 0) is 28.6 Å². The van der Waals surface area contributed by atoms with Gasteiger partial charge in [-0.2, -0.15) is 0 Å². The molecule has 0 rings (SSSR count). The molecule has 0 fully saturated rings. The Bertz CT molecular complexity index is 1250. The highest BCUT2D eigenvalue weighted by Crippen LogP contribution is 2.15. The summed E-state index contributed by atoms with van der Waals surface area (Å²) in [6.45, 7) is 4.63. The highest BCUT2D eigenvalue weighted by Gasteiger charge is 2.25. The zero-order chi connectivity index (χ0) is 47.7. The Hall–Kier alpha value is -2.97. The maximum Gasteiger partial charge on any atom is 0.306 e. The molecule has 8 nitrogen and oxygen atoms in total. The quantitative estimate of drug-likeness (QED) is 0.0197. The first-order chi connectivity index (χ1) is 31.6. The third-order valence-corrected chi connectivity index (χ3v) is 11.9. The lowest BCUT2D eigenvalue weighted by Crippen LogP contribution is -2.55. The van der Waals surface area contributed by atoms with Gasteiger partial charge in [-0.05, 0) is 70.6 Å². The van der Waals surface area contributed by atoms with Crippen molar-refractivity contribution in [2.24, 2.45) is 0 Å². The largest absolute Gasteiger partial charge is 0.544 e. The number of esters is 2. The predicted molar refractivity (Wildman–Crippen MR) is 273 cm³/mol. The zero-order valence-corrected chi connectivity index (χ0v) is 42.9. The van der Waals surface area contributed by atoms with Gasteiger partial charge in [0.15, 0.2) is 6.10 Å². The van der Waals surface area contributed by atoms with Gasteiger partial charge < -0.3 is 28.6 Å². The summed E-state index contributed by atoms with van der Waals surface area (Å²) in [7, 11) is 5.41. The Balaban J connectivity index is 4.28. The number of ether oxygens (including phenoxy) is 3. The van der Waals surface area contributed by atoms with Crippen LogP contribution in [0.2, 0.25) is 0 Å². The molecule has 376 valence electrons. The van der Waals surface area contributed by atoms with Crippen molar-refractivity contribution in [2.75, 3.05) is 41.0 Å². The molecule has 0 aliphatic carbocycles. The van der Waals surface area contributed by atoms with Gasteiger partial charge in [-0.15, -0.1) is 0 Å². The van der Waals surface area contributed by atoms with Crippen molar-refractivity contribution in [3.63, 3.8) is 0 Å². The Labute approximate surface area is 400 Å². The lowest BCUT2D eigenvalue weighted by molar-refractivity contribution is -0.889. The number of allylic oxidation sites excluding steroid dienone is 10. The summed E-state index contributed by atoms with van der Waals surface area (Å²) in [6, 6.07) is -0.734. The van der Waals surface area contributed by atoms with Crippen molar-refractivity contribution >= 4 is 17.9 Å². The summed E-state index contributed by atoms with van der Waals surface area (Å²) in [5.74, 6) is -1.77. The van der Waals surface area contributed by atoms with E-state index in [0.717, 1.165) is 77.0 Å². The van der Waals surface area contributed by atoms with Crippen LogP contribution in [0.25, 0.3) is 0 Å². The molecule has 0 heterocycles. The van der Waals surface area contributed by atoms with Crippen LogP contribution in [0.5, 0.6) is 0 Å². The molecule has 2 atom stereocenters. The average Bonchev–Trinajstić information content (AvgIpc) is 3.27. The van der Waals surface area contributed by atoms with E-state index in [-0.39, 0.29) is 42.7 Å². The van der Waals surface area contributed by atoms with Crippen molar-refractivity contribution in [3.05, 3.63) is 60.8 Å². The van der Waals surface area contributed by atoms with E-state index in [4.69, 9.17) is 14.2 Å². The van der Waals surface area contributed by atoms with E-state index in [1.165, 1.54) is 122 Å². The van der Waals surface area contributed by atoms with E-state index in [2.05, 4.69) is 74.6 Å². The molecule has 0 aliphatic heterocycles. The number of rotatable bonds is 48. The third-order valence-electron chi connectivity index (χ3n) is 11.9. The minimum Gasteiger partial charge on any atom is -0.544 e. The van der Waals surface area contributed by atoms with Gasteiger partial charge in [0.2, 0.25) is 0 Å². The number of carboxylic acid groups (broad SMARTS) is 1. The van der Waals surface area contributed by atoms with Gasteiger partial charge in [0.25, 0.3) is 0 Å². The molecule has 0 saturated heterocycles. The Morgan fingerprint density at radius 2 is 0.877 bits per heavy atom. The molecule has 8 heteroatoms. The molecular weight excluding hydrogens is 811 g/mol. The maximum absolute atomic E-state index is 12.8. The first kappa shape index (κ1) is 62.0. The molecular formula is C57H101NO7. The van der Waals surface area contributed by atoms with E-state index < -0.39 is 18.1 Å². The Morgan fingerprint density at radius 3 is 1.31 bits per heavy atom. The number of quaternary nitrogens is 1. The van der Waals surface area contributed by atoms with E-state index in [9.17, 15) is 19.5 Å². The maximum atomic E-state index is 12.8. The first-order valence-electron chi connectivity index (χ1n) is 26.8. The minimum absolute atomic E-state index is 0.0291. The molecule has 0 bridgehead atoms. The van der Waals surface area contributed by atoms with Gasteiger partial charge >= 0.3 is 11.9 Å². The van der Waals surface area contributed by atoms with Crippen LogP contribution in [0.3, 0.4) is 0 Å². The van der Waals surface area contributed by atoms with Gasteiger partial charge in [0.05, 0.1) is 40.3 Å². The second-order valence-electron chi connectivity index (χ2n) is 19.2. The van der Waals surface area contributed by atoms with Crippen molar-refractivity contribution in [1.82, 2.24) is 0 Å². The predicted octanol–water partition coefficient (Wildman–Crippen LogP) is 14.4. The molecule has 0 N–H and O–H groups in total. The van der Waals surface area contributed by atoms with Gasteiger partial charge in [0.1, 0.15) is 12.6 Å². The van der Waals surface area contributed by atoms with Gasteiger partial charge in [-0.3, -0.25) is 9.59 Å². The Kier molecular flexibility index (Phi) is 45.3. The molecule has 0 spiro atoms. The number of carboxylic acids is 1.